The summed E-state index contributed by atoms with van der Waals surface area (Å²) in [5, 5.41) is 9.19. The van der Waals surface area contributed by atoms with Crippen molar-refractivity contribution in [2.45, 2.75) is 13.3 Å². The zero-order chi connectivity index (χ0) is 18.8. The molecule has 7 nitrogen and oxygen atoms in total. The zero-order valence-corrected chi connectivity index (χ0v) is 18.2. The van der Waals surface area contributed by atoms with E-state index in [1.165, 1.54) is 11.8 Å². The van der Waals surface area contributed by atoms with Crippen molar-refractivity contribution in [3.63, 3.8) is 0 Å². The third-order valence-corrected chi connectivity index (χ3v) is 3.79. The molecule has 8 heteroatoms. The summed E-state index contributed by atoms with van der Waals surface area (Å²) in [5.74, 6) is 1.65. The number of aryl methyl sites for hydroxylation is 1. The third kappa shape index (κ3) is 7.49. The van der Waals surface area contributed by atoms with Crippen LogP contribution in [-0.4, -0.2) is 45.7 Å². The first-order valence-corrected chi connectivity index (χ1v) is 8.53. The van der Waals surface area contributed by atoms with E-state index in [2.05, 4.69) is 33.9 Å². The van der Waals surface area contributed by atoms with Gasteiger partial charge in [-0.15, -0.1) is 24.0 Å². The molecule has 0 radical (unpaired) electrons. The van der Waals surface area contributed by atoms with Crippen LogP contribution in [0.15, 0.2) is 46.0 Å². The molecule has 0 fully saturated rings. The van der Waals surface area contributed by atoms with Gasteiger partial charge in [0.15, 0.2) is 11.7 Å². The van der Waals surface area contributed by atoms with Crippen molar-refractivity contribution in [3.05, 3.63) is 53.5 Å². The van der Waals surface area contributed by atoms with Gasteiger partial charge in [0, 0.05) is 26.7 Å². The van der Waals surface area contributed by atoms with Gasteiger partial charge in [-0.05, 0) is 37.1 Å². The van der Waals surface area contributed by atoms with Crippen molar-refractivity contribution < 1.29 is 13.9 Å². The van der Waals surface area contributed by atoms with Gasteiger partial charge < -0.3 is 25.1 Å². The molecular weight excluding hydrogens is 459 g/mol. The van der Waals surface area contributed by atoms with Gasteiger partial charge in [0.05, 0.1) is 13.4 Å². The summed E-state index contributed by atoms with van der Waals surface area (Å²) in [4.78, 5) is 15.9. The summed E-state index contributed by atoms with van der Waals surface area (Å²) in [6.45, 7) is 3.80. The molecule has 1 amide bonds. The number of carbonyl (C=O) groups is 1. The molecule has 0 unspecified atom stereocenters. The Balaban J connectivity index is 0.00000364. The highest BCUT2D eigenvalue weighted by atomic mass is 127. The number of nitrogens with one attached hydrogen (secondary N) is 3. The highest BCUT2D eigenvalue weighted by molar-refractivity contribution is 14.0. The lowest BCUT2D eigenvalue weighted by Gasteiger charge is -2.13. The molecule has 0 aliphatic carbocycles. The van der Waals surface area contributed by atoms with Crippen molar-refractivity contribution in [1.82, 2.24) is 16.0 Å². The Morgan fingerprint density at radius 2 is 1.89 bits per heavy atom. The number of ether oxygens (including phenoxy) is 1. The second-order valence-corrected chi connectivity index (χ2v) is 5.72. The maximum Gasteiger partial charge on any atom is 0.287 e. The van der Waals surface area contributed by atoms with Crippen molar-refractivity contribution in [3.8, 4) is 5.75 Å². The van der Waals surface area contributed by atoms with Crippen molar-refractivity contribution >= 4 is 35.8 Å². The summed E-state index contributed by atoms with van der Waals surface area (Å²) >= 11 is 0. The van der Waals surface area contributed by atoms with E-state index in [-0.39, 0.29) is 29.9 Å². The minimum absolute atomic E-state index is 0. The maximum absolute atomic E-state index is 11.7. The van der Waals surface area contributed by atoms with Gasteiger partial charge in [-0.25, -0.2) is 0 Å². The molecule has 0 spiro atoms. The summed E-state index contributed by atoms with van der Waals surface area (Å²) in [7, 11) is 3.39. The quantitative estimate of drug-likeness (QED) is 0.231. The smallest absolute Gasteiger partial charge is 0.287 e. The molecular formula is C19H27IN4O3. The number of methoxy groups -OCH3 is 1. The van der Waals surface area contributed by atoms with Crippen LogP contribution in [0.4, 0.5) is 0 Å². The second kappa shape index (κ2) is 12.2. The Kier molecular flexibility index (Phi) is 10.3. The Hall–Kier alpha value is -2.23. The molecule has 0 bridgehead atoms. The van der Waals surface area contributed by atoms with Crippen LogP contribution in [0.25, 0.3) is 0 Å². The van der Waals surface area contributed by atoms with Gasteiger partial charge in [-0.1, -0.05) is 17.7 Å². The fourth-order valence-electron chi connectivity index (χ4n) is 2.49. The topological polar surface area (TPSA) is 87.9 Å². The first-order valence-electron chi connectivity index (χ1n) is 8.53. The predicted octanol–water partition coefficient (Wildman–Crippen LogP) is 2.35. The summed E-state index contributed by atoms with van der Waals surface area (Å²) in [5.41, 5.74) is 2.36. The lowest BCUT2D eigenvalue weighted by Crippen LogP contribution is -2.42. The van der Waals surface area contributed by atoms with E-state index in [1.54, 1.807) is 26.3 Å². The number of aliphatic imine (C=N–C) groups is 1. The average molecular weight is 486 g/mol. The van der Waals surface area contributed by atoms with E-state index >= 15 is 0 Å². The Bertz CT molecular complexity index is 733. The van der Waals surface area contributed by atoms with Gasteiger partial charge in [0.25, 0.3) is 5.91 Å². The summed E-state index contributed by atoms with van der Waals surface area (Å²) in [6, 6.07) is 9.46. The van der Waals surface area contributed by atoms with Crippen LogP contribution in [0.3, 0.4) is 0 Å². The number of amides is 1. The first kappa shape index (κ1) is 22.8. The van der Waals surface area contributed by atoms with Crippen molar-refractivity contribution in [2.75, 3.05) is 33.8 Å². The lowest BCUT2D eigenvalue weighted by molar-refractivity contribution is 0.0926. The van der Waals surface area contributed by atoms with E-state index in [9.17, 15) is 4.79 Å². The minimum Gasteiger partial charge on any atom is -0.496 e. The lowest BCUT2D eigenvalue weighted by atomic mass is 10.1. The number of hydrogen-bond acceptors (Lipinski definition) is 4. The Labute approximate surface area is 177 Å². The average Bonchev–Trinajstić information content (AvgIpc) is 3.18. The number of carbonyl (C=O) groups excluding carboxylic acids is 1. The monoisotopic (exact) mass is 486 g/mol. The van der Waals surface area contributed by atoms with Crippen LogP contribution >= 0.6 is 24.0 Å². The van der Waals surface area contributed by atoms with Gasteiger partial charge in [-0.2, -0.15) is 0 Å². The van der Waals surface area contributed by atoms with Crippen LogP contribution in [0.5, 0.6) is 5.75 Å². The van der Waals surface area contributed by atoms with E-state index in [0.29, 0.717) is 24.8 Å². The van der Waals surface area contributed by atoms with Crippen LogP contribution in [-0.2, 0) is 6.42 Å². The predicted molar refractivity (Wildman–Crippen MR) is 117 cm³/mol. The second-order valence-electron chi connectivity index (χ2n) is 5.72. The van der Waals surface area contributed by atoms with E-state index in [0.717, 1.165) is 24.3 Å². The molecule has 27 heavy (non-hydrogen) atoms. The molecule has 3 N–H and O–H groups in total. The summed E-state index contributed by atoms with van der Waals surface area (Å²) in [6.07, 6.45) is 2.29. The van der Waals surface area contributed by atoms with Crippen molar-refractivity contribution in [1.29, 1.82) is 0 Å². The SMILES string of the molecule is CN=C(NCCNC(=O)c1ccco1)NCCc1cc(C)ccc1OC.I. The molecule has 0 aliphatic rings. The van der Waals surface area contributed by atoms with Crippen LogP contribution in [0.1, 0.15) is 21.7 Å². The van der Waals surface area contributed by atoms with Crippen molar-refractivity contribution in [2.24, 2.45) is 4.99 Å². The van der Waals surface area contributed by atoms with Gasteiger partial charge in [-0.3, -0.25) is 9.79 Å². The molecule has 1 aromatic carbocycles. The molecule has 148 valence electrons. The number of nitrogens with zero attached hydrogens (tertiary/aromatic N) is 1. The largest absolute Gasteiger partial charge is 0.496 e. The number of benzene rings is 1. The molecule has 0 atom stereocenters. The normalized spacial score (nSPS) is 10.7. The Morgan fingerprint density at radius 3 is 2.56 bits per heavy atom. The third-order valence-electron chi connectivity index (χ3n) is 3.79. The maximum atomic E-state index is 11.7. The standard InChI is InChI=1S/C19H26N4O3.HI/c1-14-6-7-16(25-3)15(13-14)8-9-22-19(20-2)23-11-10-21-18(24)17-5-4-12-26-17;/h4-7,12-13H,8-11H2,1-3H3,(H,21,24)(H2,20,22,23);1H. The minimum atomic E-state index is -0.230. The number of halogens is 1. The molecule has 0 aliphatic heterocycles. The van der Waals surface area contributed by atoms with Gasteiger partial charge >= 0.3 is 0 Å². The molecule has 0 saturated heterocycles. The highest BCUT2D eigenvalue weighted by Gasteiger charge is 2.07. The highest BCUT2D eigenvalue weighted by Crippen LogP contribution is 2.19. The van der Waals surface area contributed by atoms with E-state index < -0.39 is 0 Å². The molecule has 2 aromatic rings. The molecule has 2 rings (SSSR count). The Morgan fingerprint density at radius 1 is 1.15 bits per heavy atom. The van der Waals surface area contributed by atoms with Crippen LogP contribution < -0.4 is 20.7 Å². The number of furan rings is 1. The van der Waals surface area contributed by atoms with Crippen LogP contribution in [0, 0.1) is 6.92 Å². The molecule has 0 saturated carbocycles. The number of guanidine groups is 1. The summed E-state index contributed by atoms with van der Waals surface area (Å²) < 4.78 is 10.4. The fourth-order valence-corrected chi connectivity index (χ4v) is 2.49. The van der Waals surface area contributed by atoms with Crippen LogP contribution in [0.2, 0.25) is 0 Å². The van der Waals surface area contributed by atoms with Gasteiger partial charge in [0.1, 0.15) is 5.75 Å². The van der Waals surface area contributed by atoms with E-state index in [4.69, 9.17) is 9.15 Å². The number of hydrogen-bond donors (Lipinski definition) is 3. The van der Waals surface area contributed by atoms with E-state index in [1.807, 2.05) is 12.1 Å². The van der Waals surface area contributed by atoms with Gasteiger partial charge in [0.2, 0.25) is 0 Å². The molecule has 1 heterocycles. The molecule has 1 aromatic heterocycles. The fraction of sp³-hybridized carbons (Fsp3) is 0.368. The zero-order valence-electron chi connectivity index (χ0n) is 15.9. The number of rotatable bonds is 8. The first-order chi connectivity index (χ1) is 12.6.